The van der Waals surface area contributed by atoms with Crippen molar-refractivity contribution in [2.75, 3.05) is 0 Å². The zero-order chi connectivity index (χ0) is 14.8. The molecular weight excluding hydrogens is 285 g/mol. The molecule has 2 aromatic carbocycles. The van der Waals surface area contributed by atoms with E-state index < -0.39 is 0 Å². The Kier molecular flexibility index (Phi) is 4.27. The van der Waals surface area contributed by atoms with Crippen LogP contribution in [-0.2, 0) is 12.8 Å². The van der Waals surface area contributed by atoms with Crippen LogP contribution in [0.15, 0.2) is 42.5 Å². The monoisotopic (exact) mass is 303 g/mol. The smallest absolute Gasteiger partial charge is 0.123 e. The predicted molar refractivity (Wildman–Crippen MR) is 84.9 cm³/mol. The summed E-state index contributed by atoms with van der Waals surface area (Å²) in [6.07, 6.45) is 3.95. The third-order valence-corrected chi connectivity index (χ3v) is 4.80. The van der Waals surface area contributed by atoms with Gasteiger partial charge in [-0.2, -0.15) is 0 Å². The fraction of sp³-hybridized carbons (Fsp3) is 0.333. The van der Waals surface area contributed by atoms with Crippen LogP contribution in [0.3, 0.4) is 0 Å². The SMILES string of the molecule is NC1c2ccccc2CCCC1Cc1cc(F)ccc1Cl. The molecule has 3 heteroatoms. The topological polar surface area (TPSA) is 26.0 Å². The third-order valence-electron chi connectivity index (χ3n) is 4.43. The lowest BCUT2D eigenvalue weighted by atomic mass is 9.86. The van der Waals surface area contributed by atoms with Gasteiger partial charge < -0.3 is 5.73 Å². The Morgan fingerprint density at radius 2 is 2.00 bits per heavy atom. The summed E-state index contributed by atoms with van der Waals surface area (Å²) in [5, 5.41) is 0.626. The van der Waals surface area contributed by atoms with Crippen molar-refractivity contribution < 1.29 is 4.39 Å². The molecular formula is C18H19ClFN. The number of hydrogen-bond donors (Lipinski definition) is 1. The lowest BCUT2D eigenvalue weighted by Gasteiger charge is -2.23. The van der Waals surface area contributed by atoms with Crippen molar-refractivity contribution in [2.24, 2.45) is 11.7 Å². The second kappa shape index (κ2) is 6.17. The first-order valence-electron chi connectivity index (χ1n) is 7.42. The van der Waals surface area contributed by atoms with E-state index >= 15 is 0 Å². The first-order chi connectivity index (χ1) is 10.1. The number of benzene rings is 2. The molecule has 0 fully saturated rings. The summed E-state index contributed by atoms with van der Waals surface area (Å²) < 4.78 is 13.4. The minimum Gasteiger partial charge on any atom is -0.324 e. The Morgan fingerprint density at radius 3 is 2.86 bits per heavy atom. The standard InChI is InChI=1S/C18H19ClFN/c19-17-9-8-15(20)11-14(17)10-13-6-3-5-12-4-1-2-7-16(12)18(13)21/h1-2,4,7-9,11,13,18H,3,5-6,10,21H2. The van der Waals surface area contributed by atoms with Crippen molar-refractivity contribution in [3.05, 3.63) is 70.0 Å². The predicted octanol–water partition coefficient (Wildman–Crippen LogP) is 4.67. The van der Waals surface area contributed by atoms with Crippen LogP contribution in [0.25, 0.3) is 0 Å². The largest absolute Gasteiger partial charge is 0.324 e. The van der Waals surface area contributed by atoms with Gasteiger partial charge in [0.05, 0.1) is 0 Å². The minimum absolute atomic E-state index is 0.0111. The van der Waals surface area contributed by atoms with Crippen LogP contribution in [0.5, 0.6) is 0 Å². The van der Waals surface area contributed by atoms with E-state index in [-0.39, 0.29) is 11.9 Å². The number of halogens is 2. The molecule has 0 saturated heterocycles. The van der Waals surface area contributed by atoms with Crippen LogP contribution in [-0.4, -0.2) is 0 Å². The molecule has 0 bridgehead atoms. The molecule has 0 saturated carbocycles. The molecule has 0 spiro atoms. The number of nitrogens with two attached hydrogens (primary N) is 1. The van der Waals surface area contributed by atoms with Crippen molar-refractivity contribution in [3.8, 4) is 0 Å². The molecule has 3 rings (SSSR count). The average Bonchev–Trinajstić information content (AvgIpc) is 2.64. The van der Waals surface area contributed by atoms with E-state index in [0.29, 0.717) is 10.9 Å². The summed E-state index contributed by atoms with van der Waals surface area (Å²) in [6.45, 7) is 0. The molecule has 0 aromatic heterocycles. The lowest BCUT2D eigenvalue weighted by Crippen LogP contribution is -2.23. The van der Waals surface area contributed by atoms with Gasteiger partial charge in [0, 0.05) is 11.1 Å². The van der Waals surface area contributed by atoms with E-state index in [1.165, 1.54) is 23.3 Å². The van der Waals surface area contributed by atoms with E-state index in [1.807, 2.05) is 6.07 Å². The second-order valence-electron chi connectivity index (χ2n) is 5.82. The second-order valence-corrected chi connectivity index (χ2v) is 6.22. The van der Waals surface area contributed by atoms with E-state index in [0.717, 1.165) is 31.2 Å². The molecule has 0 heterocycles. The van der Waals surface area contributed by atoms with Crippen LogP contribution in [0, 0.1) is 11.7 Å². The molecule has 2 atom stereocenters. The lowest BCUT2D eigenvalue weighted by molar-refractivity contribution is 0.401. The Balaban J connectivity index is 1.87. The van der Waals surface area contributed by atoms with Crippen LogP contribution >= 0.6 is 11.6 Å². The van der Waals surface area contributed by atoms with E-state index in [1.54, 1.807) is 6.07 Å². The van der Waals surface area contributed by atoms with Gasteiger partial charge in [-0.25, -0.2) is 4.39 Å². The maximum atomic E-state index is 13.4. The van der Waals surface area contributed by atoms with Gasteiger partial charge in [-0.3, -0.25) is 0 Å². The van der Waals surface area contributed by atoms with Gasteiger partial charge >= 0.3 is 0 Å². The van der Waals surface area contributed by atoms with Gasteiger partial charge in [0.2, 0.25) is 0 Å². The number of rotatable bonds is 2. The quantitative estimate of drug-likeness (QED) is 0.801. The van der Waals surface area contributed by atoms with Crippen molar-refractivity contribution >= 4 is 11.6 Å². The first kappa shape index (κ1) is 14.6. The summed E-state index contributed by atoms with van der Waals surface area (Å²) in [6, 6.07) is 12.9. The highest BCUT2D eigenvalue weighted by Crippen LogP contribution is 2.34. The van der Waals surface area contributed by atoms with Crippen molar-refractivity contribution in [2.45, 2.75) is 31.7 Å². The molecule has 2 N–H and O–H groups in total. The van der Waals surface area contributed by atoms with Crippen LogP contribution in [0.2, 0.25) is 5.02 Å². The van der Waals surface area contributed by atoms with Crippen molar-refractivity contribution in [3.63, 3.8) is 0 Å². The summed E-state index contributed by atoms with van der Waals surface area (Å²) in [7, 11) is 0. The van der Waals surface area contributed by atoms with Gasteiger partial charge in [-0.1, -0.05) is 35.9 Å². The zero-order valence-electron chi connectivity index (χ0n) is 11.9. The Morgan fingerprint density at radius 1 is 1.19 bits per heavy atom. The molecule has 0 amide bonds. The Bertz CT molecular complexity index is 641. The van der Waals surface area contributed by atoms with Crippen molar-refractivity contribution in [1.82, 2.24) is 0 Å². The number of aryl methyl sites for hydroxylation is 1. The first-order valence-corrected chi connectivity index (χ1v) is 7.80. The molecule has 21 heavy (non-hydrogen) atoms. The summed E-state index contributed by atoms with van der Waals surface area (Å²) in [5.74, 6) is 0.0601. The van der Waals surface area contributed by atoms with Crippen LogP contribution in [0.1, 0.15) is 35.6 Å². The highest BCUT2D eigenvalue weighted by atomic mass is 35.5. The summed E-state index contributed by atoms with van der Waals surface area (Å²) in [4.78, 5) is 0. The maximum absolute atomic E-state index is 13.4. The van der Waals surface area contributed by atoms with E-state index in [9.17, 15) is 4.39 Å². The fourth-order valence-electron chi connectivity index (χ4n) is 3.29. The number of fused-ring (bicyclic) bond motifs is 1. The average molecular weight is 304 g/mol. The van der Waals surface area contributed by atoms with Gasteiger partial charge in [0.25, 0.3) is 0 Å². The highest BCUT2D eigenvalue weighted by molar-refractivity contribution is 6.31. The zero-order valence-corrected chi connectivity index (χ0v) is 12.6. The molecule has 0 radical (unpaired) electrons. The van der Waals surface area contributed by atoms with Gasteiger partial charge in [0.1, 0.15) is 5.82 Å². The van der Waals surface area contributed by atoms with E-state index in [2.05, 4.69) is 18.2 Å². The van der Waals surface area contributed by atoms with Gasteiger partial charge in [-0.15, -0.1) is 0 Å². The minimum atomic E-state index is -0.239. The van der Waals surface area contributed by atoms with Gasteiger partial charge in [-0.05, 0) is 66.5 Å². The summed E-state index contributed by atoms with van der Waals surface area (Å²) >= 11 is 6.20. The Labute approximate surface area is 129 Å². The molecule has 0 aliphatic heterocycles. The molecule has 2 aromatic rings. The fourth-order valence-corrected chi connectivity index (χ4v) is 3.48. The Hall–Kier alpha value is -1.38. The maximum Gasteiger partial charge on any atom is 0.123 e. The van der Waals surface area contributed by atoms with Crippen molar-refractivity contribution in [1.29, 1.82) is 0 Å². The summed E-state index contributed by atoms with van der Waals surface area (Å²) in [5.41, 5.74) is 9.92. The molecule has 2 unspecified atom stereocenters. The van der Waals surface area contributed by atoms with Crippen LogP contribution < -0.4 is 5.73 Å². The van der Waals surface area contributed by atoms with Crippen LogP contribution in [0.4, 0.5) is 4.39 Å². The normalized spacial score (nSPS) is 21.7. The number of hydrogen-bond acceptors (Lipinski definition) is 1. The van der Waals surface area contributed by atoms with E-state index in [4.69, 9.17) is 17.3 Å². The molecule has 110 valence electrons. The third kappa shape index (κ3) is 3.12. The van der Waals surface area contributed by atoms with Gasteiger partial charge in [0.15, 0.2) is 0 Å². The molecule has 1 aliphatic carbocycles. The highest BCUT2D eigenvalue weighted by Gasteiger charge is 2.25. The molecule has 1 nitrogen and oxygen atoms in total. The molecule has 1 aliphatic rings.